The molecule has 4 atom stereocenters. The Bertz CT molecular complexity index is 1260. The second kappa shape index (κ2) is 11.8. The molecule has 0 saturated carbocycles. The Morgan fingerprint density at radius 3 is 1.87 bits per heavy atom. The van der Waals surface area contributed by atoms with Crippen molar-refractivity contribution in [1.82, 2.24) is 10.6 Å². The summed E-state index contributed by atoms with van der Waals surface area (Å²) in [6, 6.07) is 15.0. The minimum atomic E-state index is -0.803. The zero-order chi connectivity index (χ0) is 27.5. The van der Waals surface area contributed by atoms with Crippen LogP contribution in [0.5, 0.6) is 0 Å². The average molecular weight is 551 g/mol. The maximum atomic E-state index is 13.2. The molecule has 3 heterocycles. The molecule has 0 unspecified atom stereocenters. The van der Waals surface area contributed by atoms with Crippen LogP contribution in [-0.4, -0.2) is 65.9 Å². The fourth-order valence-corrected chi connectivity index (χ4v) is 6.47. The van der Waals surface area contributed by atoms with Crippen LogP contribution in [0.25, 0.3) is 0 Å². The predicted molar refractivity (Wildman–Crippen MR) is 152 cm³/mol. The third kappa shape index (κ3) is 5.98. The summed E-state index contributed by atoms with van der Waals surface area (Å²) in [4.78, 5) is 40.4. The molecular formula is C29H34N4O5S. The van der Waals surface area contributed by atoms with E-state index in [9.17, 15) is 24.6 Å². The van der Waals surface area contributed by atoms with Crippen molar-refractivity contribution in [2.75, 3.05) is 42.5 Å². The number of carboxylic acids is 2. The Kier molecular flexibility index (Phi) is 8.25. The van der Waals surface area contributed by atoms with Gasteiger partial charge in [-0.3, -0.25) is 19.3 Å². The Balaban J connectivity index is 1.32. The van der Waals surface area contributed by atoms with Crippen molar-refractivity contribution in [3.8, 4) is 0 Å². The van der Waals surface area contributed by atoms with Crippen LogP contribution in [0.4, 0.5) is 11.4 Å². The minimum Gasteiger partial charge on any atom is -0.481 e. The number of thiocarbonyl (C=S) groups is 1. The van der Waals surface area contributed by atoms with E-state index in [-0.39, 0.29) is 24.3 Å². The summed E-state index contributed by atoms with van der Waals surface area (Å²) in [6.45, 7) is 3.15. The normalized spacial score (nSPS) is 22.9. The van der Waals surface area contributed by atoms with Crippen molar-refractivity contribution in [2.24, 2.45) is 23.7 Å². The molecule has 4 N–H and O–H groups in total. The molecule has 0 bridgehead atoms. The van der Waals surface area contributed by atoms with Crippen LogP contribution in [0, 0.1) is 23.7 Å². The number of carbonyl (C=O) groups excluding carboxylic acids is 1. The lowest BCUT2D eigenvalue weighted by Gasteiger charge is -2.23. The van der Waals surface area contributed by atoms with Gasteiger partial charge in [-0.1, -0.05) is 24.3 Å². The van der Waals surface area contributed by atoms with Crippen LogP contribution in [0.2, 0.25) is 0 Å². The lowest BCUT2D eigenvalue weighted by atomic mass is 9.86. The average Bonchev–Trinajstić information content (AvgIpc) is 3.68. The molecule has 2 aromatic carbocycles. The lowest BCUT2D eigenvalue weighted by molar-refractivity contribution is -0.144. The number of nitrogens with zero attached hydrogens (tertiary/aromatic N) is 2. The molecule has 206 valence electrons. The summed E-state index contributed by atoms with van der Waals surface area (Å²) >= 11 is 5.75. The van der Waals surface area contributed by atoms with Crippen molar-refractivity contribution >= 4 is 46.6 Å². The zero-order valence-electron chi connectivity index (χ0n) is 21.7. The molecule has 3 saturated heterocycles. The van der Waals surface area contributed by atoms with Crippen molar-refractivity contribution in [3.05, 3.63) is 59.7 Å². The van der Waals surface area contributed by atoms with Crippen LogP contribution in [0.1, 0.15) is 24.0 Å². The van der Waals surface area contributed by atoms with Crippen LogP contribution in [0.3, 0.4) is 0 Å². The predicted octanol–water partition coefficient (Wildman–Crippen LogP) is 2.53. The fraction of sp³-hybridized carbons (Fsp3) is 0.448. The molecule has 39 heavy (non-hydrogen) atoms. The van der Waals surface area contributed by atoms with Gasteiger partial charge in [0.05, 0.1) is 17.5 Å². The molecule has 5 rings (SSSR count). The number of anilines is 2. The monoisotopic (exact) mass is 550 g/mol. The van der Waals surface area contributed by atoms with Gasteiger partial charge in [-0.2, -0.15) is 0 Å². The molecule has 9 nitrogen and oxygen atoms in total. The van der Waals surface area contributed by atoms with Crippen molar-refractivity contribution in [1.29, 1.82) is 0 Å². The Morgan fingerprint density at radius 2 is 1.38 bits per heavy atom. The zero-order valence-corrected chi connectivity index (χ0v) is 22.5. The van der Waals surface area contributed by atoms with Gasteiger partial charge in [0.15, 0.2) is 5.11 Å². The van der Waals surface area contributed by atoms with Crippen molar-refractivity contribution in [3.63, 3.8) is 0 Å². The summed E-state index contributed by atoms with van der Waals surface area (Å²) in [5.41, 5.74) is 3.11. The van der Waals surface area contributed by atoms with Crippen LogP contribution in [0.15, 0.2) is 48.5 Å². The Labute approximate surface area is 233 Å². The van der Waals surface area contributed by atoms with Gasteiger partial charge >= 0.3 is 11.9 Å². The van der Waals surface area contributed by atoms with E-state index < -0.39 is 23.8 Å². The van der Waals surface area contributed by atoms with Crippen LogP contribution in [-0.2, 0) is 27.2 Å². The van der Waals surface area contributed by atoms with Crippen molar-refractivity contribution in [2.45, 2.75) is 25.7 Å². The molecule has 2 aromatic rings. The van der Waals surface area contributed by atoms with E-state index in [0.717, 1.165) is 42.7 Å². The first-order chi connectivity index (χ1) is 18.8. The lowest BCUT2D eigenvalue weighted by Crippen LogP contribution is -2.33. The van der Waals surface area contributed by atoms with Gasteiger partial charge in [0.2, 0.25) is 0 Å². The highest BCUT2D eigenvalue weighted by Crippen LogP contribution is 2.31. The first-order valence-corrected chi connectivity index (χ1v) is 13.9. The summed E-state index contributed by atoms with van der Waals surface area (Å²) in [5, 5.41) is 26.5. The summed E-state index contributed by atoms with van der Waals surface area (Å²) in [6.07, 6.45) is 2.48. The van der Waals surface area contributed by atoms with Gasteiger partial charge in [-0.25, -0.2) is 0 Å². The van der Waals surface area contributed by atoms with E-state index in [1.807, 2.05) is 48.5 Å². The summed E-state index contributed by atoms with van der Waals surface area (Å²) < 4.78 is 0. The fourth-order valence-electron chi connectivity index (χ4n) is 6.09. The number of amides is 1. The molecule has 3 aliphatic heterocycles. The number of aliphatic carboxylic acids is 2. The van der Waals surface area contributed by atoms with E-state index in [0.29, 0.717) is 36.7 Å². The number of hydrogen-bond acceptors (Lipinski definition) is 6. The highest BCUT2D eigenvalue weighted by Gasteiger charge is 2.36. The first kappa shape index (κ1) is 27.2. The number of carbonyl (C=O) groups is 3. The molecule has 0 aromatic heterocycles. The molecule has 3 fully saturated rings. The van der Waals surface area contributed by atoms with Gasteiger partial charge in [-0.05, 0) is 111 Å². The van der Waals surface area contributed by atoms with E-state index in [2.05, 4.69) is 10.6 Å². The van der Waals surface area contributed by atoms with E-state index in [1.54, 1.807) is 4.90 Å². The molecular weight excluding hydrogens is 516 g/mol. The highest BCUT2D eigenvalue weighted by atomic mass is 32.1. The largest absolute Gasteiger partial charge is 0.481 e. The second-order valence-electron chi connectivity index (χ2n) is 10.7. The number of carboxylic acid groups (broad SMARTS) is 2. The highest BCUT2D eigenvalue weighted by molar-refractivity contribution is 7.81. The number of hydrogen-bond donors (Lipinski definition) is 4. The van der Waals surface area contributed by atoms with Gasteiger partial charge in [0, 0.05) is 5.69 Å². The molecule has 3 aliphatic rings. The summed E-state index contributed by atoms with van der Waals surface area (Å²) in [7, 11) is 0. The molecule has 0 radical (unpaired) electrons. The maximum absolute atomic E-state index is 13.2. The number of benzene rings is 2. The van der Waals surface area contributed by atoms with Crippen LogP contribution < -0.4 is 20.4 Å². The Hall–Kier alpha value is -3.34. The smallest absolute Gasteiger partial charge is 0.307 e. The van der Waals surface area contributed by atoms with Gasteiger partial charge in [0.25, 0.3) is 5.91 Å². The van der Waals surface area contributed by atoms with Gasteiger partial charge < -0.3 is 25.7 Å². The standard InChI is InChI=1S/C29H34N4O5S/c34-26-17-32(22-5-1-3-18(11-22)13-24(27(35)36)20-7-9-30-15-20)29(39)33(26)23-6-2-4-19(12-23)14-25(28(37)38)21-8-10-31-16-21/h1-6,11-12,20-21,24-25,30-31H,7-10,13-17H2,(H,35,36)(H,37,38)/t20-,21-,24-,25-/m0/s1. The third-order valence-electron chi connectivity index (χ3n) is 8.24. The van der Waals surface area contributed by atoms with E-state index in [1.165, 1.54) is 4.90 Å². The van der Waals surface area contributed by atoms with E-state index >= 15 is 0 Å². The van der Waals surface area contributed by atoms with Gasteiger partial charge in [-0.15, -0.1) is 0 Å². The summed E-state index contributed by atoms with van der Waals surface area (Å²) in [5.74, 6) is -2.56. The Morgan fingerprint density at radius 1 is 0.872 bits per heavy atom. The second-order valence-corrected chi connectivity index (χ2v) is 11.1. The minimum absolute atomic E-state index is 0.0763. The van der Waals surface area contributed by atoms with Crippen molar-refractivity contribution < 1.29 is 24.6 Å². The topological polar surface area (TPSA) is 122 Å². The molecule has 0 aliphatic carbocycles. The number of rotatable bonds is 10. The third-order valence-corrected chi connectivity index (χ3v) is 8.64. The number of nitrogens with one attached hydrogen (secondary N) is 2. The van der Waals surface area contributed by atoms with Crippen LogP contribution >= 0.6 is 12.2 Å². The maximum Gasteiger partial charge on any atom is 0.307 e. The quantitative estimate of drug-likeness (QED) is 0.331. The first-order valence-electron chi connectivity index (χ1n) is 13.5. The molecule has 10 heteroatoms. The molecule has 0 spiro atoms. The van der Waals surface area contributed by atoms with E-state index in [4.69, 9.17) is 12.2 Å². The SMILES string of the molecule is O=C(O)[C@@H](Cc1cccc(N2CC(=O)N(c3cccc(C[C@H](C(=O)O)[C@H]4CCNC4)c3)C2=S)c1)[C@H]1CCNC1. The molecule has 1 amide bonds. The van der Waals surface area contributed by atoms with Gasteiger partial charge in [0.1, 0.15) is 6.54 Å².